The van der Waals surface area contributed by atoms with Crippen LogP contribution in [-0.2, 0) is 10.2 Å². The van der Waals surface area contributed by atoms with E-state index in [2.05, 4.69) is 10.3 Å². The van der Waals surface area contributed by atoms with Crippen molar-refractivity contribution in [2.45, 2.75) is 12.3 Å². The molecular formula is C18H27N5O3S2. The molecule has 8 nitrogen and oxygen atoms in total. The Morgan fingerprint density at radius 1 is 1.36 bits per heavy atom. The molecular weight excluding hydrogens is 398 g/mol. The second-order valence-corrected chi connectivity index (χ2v) is 10.5. The van der Waals surface area contributed by atoms with Gasteiger partial charge in [-0.3, -0.25) is 4.79 Å². The lowest BCUT2D eigenvalue weighted by Crippen LogP contribution is -2.38. The van der Waals surface area contributed by atoms with Crippen molar-refractivity contribution in [2.75, 3.05) is 54.4 Å². The molecule has 1 atom stereocenters. The molecule has 1 fully saturated rings. The Morgan fingerprint density at radius 3 is 2.79 bits per heavy atom. The number of amides is 1. The minimum absolute atomic E-state index is 0.0257. The predicted octanol–water partition coefficient (Wildman–Crippen LogP) is 1.18. The Hall–Kier alpha value is -1.59. The van der Waals surface area contributed by atoms with Gasteiger partial charge in [0.1, 0.15) is 4.83 Å². The van der Waals surface area contributed by atoms with Crippen LogP contribution in [0.1, 0.15) is 27.6 Å². The van der Waals surface area contributed by atoms with Gasteiger partial charge in [0, 0.05) is 57.8 Å². The third kappa shape index (κ3) is 4.20. The summed E-state index contributed by atoms with van der Waals surface area (Å²) in [6.45, 7) is 2.13. The highest BCUT2D eigenvalue weighted by molar-refractivity contribution is 7.86. The molecule has 0 radical (unpaired) electrons. The average Bonchev–Trinajstić information content (AvgIpc) is 3.25. The molecule has 0 aliphatic carbocycles. The number of nitrogens with zero attached hydrogens (tertiary/aromatic N) is 4. The van der Waals surface area contributed by atoms with Crippen LogP contribution < -0.4 is 5.32 Å². The van der Waals surface area contributed by atoms with Crippen LogP contribution in [0, 0.1) is 0 Å². The number of nitrogens with one attached hydrogen (secondary N) is 1. The normalized spacial score (nSPS) is 18.4. The van der Waals surface area contributed by atoms with Gasteiger partial charge in [0.15, 0.2) is 0 Å². The fourth-order valence-corrected chi connectivity index (χ4v) is 5.72. The fourth-order valence-electron chi connectivity index (χ4n) is 3.40. The van der Waals surface area contributed by atoms with Gasteiger partial charge in [0.25, 0.3) is 16.1 Å². The summed E-state index contributed by atoms with van der Waals surface area (Å²) in [5.74, 6) is -0.143. The Labute approximate surface area is 170 Å². The summed E-state index contributed by atoms with van der Waals surface area (Å²) in [6.07, 6.45) is 2.40. The summed E-state index contributed by atoms with van der Waals surface area (Å²) in [5.41, 5.74) is 0.923. The van der Waals surface area contributed by atoms with E-state index in [1.54, 1.807) is 6.20 Å². The summed E-state index contributed by atoms with van der Waals surface area (Å²) in [5, 5.41) is 3.92. The summed E-state index contributed by atoms with van der Waals surface area (Å²) in [7, 11) is 3.53. The molecule has 2 aromatic rings. The van der Waals surface area contributed by atoms with Gasteiger partial charge < -0.3 is 10.2 Å². The van der Waals surface area contributed by atoms with Crippen molar-refractivity contribution in [1.82, 2.24) is 23.8 Å². The van der Waals surface area contributed by atoms with Gasteiger partial charge in [-0.25, -0.2) is 4.98 Å². The van der Waals surface area contributed by atoms with Crippen molar-refractivity contribution in [3.05, 3.63) is 28.8 Å². The maximum absolute atomic E-state index is 12.9. The third-order valence-electron chi connectivity index (χ3n) is 4.90. The van der Waals surface area contributed by atoms with Gasteiger partial charge in [0.2, 0.25) is 0 Å². The molecule has 1 aliphatic heterocycles. The van der Waals surface area contributed by atoms with Gasteiger partial charge in [-0.15, -0.1) is 11.3 Å². The number of likely N-dealkylation sites (N-methyl/N-ethyl adjacent to an activating group) is 1. The molecule has 1 aliphatic rings. The zero-order valence-electron chi connectivity index (χ0n) is 16.7. The van der Waals surface area contributed by atoms with Crippen molar-refractivity contribution in [2.24, 2.45) is 0 Å². The van der Waals surface area contributed by atoms with Crippen LogP contribution in [0.4, 0.5) is 0 Å². The second-order valence-electron chi connectivity index (χ2n) is 7.39. The van der Waals surface area contributed by atoms with Crippen LogP contribution in [0.25, 0.3) is 10.2 Å². The van der Waals surface area contributed by atoms with Crippen molar-refractivity contribution in [3.63, 3.8) is 0 Å². The number of thiophene rings is 1. The van der Waals surface area contributed by atoms with Gasteiger partial charge in [-0.05, 0) is 32.1 Å². The van der Waals surface area contributed by atoms with E-state index in [9.17, 15) is 13.2 Å². The van der Waals surface area contributed by atoms with Crippen LogP contribution in [0.5, 0.6) is 0 Å². The Balaban J connectivity index is 1.91. The highest BCUT2D eigenvalue weighted by Crippen LogP contribution is 2.40. The number of hydrogen-bond acceptors (Lipinski definition) is 6. The van der Waals surface area contributed by atoms with E-state index < -0.39 is 10.2 Å². The molecule has 0 bridgehead atoms. The number of hydrogen-bond donors (Lipinski definition) is 1. The van der Waals surface area contributed by atoms with Crippen molar-refractivity contribution >= 4 is 37.7 Å². The van der Waals surface area contributed by atoms with E-state index in [1.165, 1.54) is 34.0 Å². The van der Waals surface area contributed by atoms with Gasteiger partial charge in [0.05, 0.1) is 4.88 Å². The molecule has 0 spiro atoms. The average molecular weight is 426 g/mol. The zero-order valence-corrected chi connectivity index (χ0v) is 18.3. The maximum atomic E-state index is 12.9. The smallest absolute Gasteiger partial charge is 0.281 e. The van der Waals surface area contributed by atoms with E-state index in [4.69, 9.17) is 0 Å². The highest BCUT2D eigenvalue weighted by atomic mass is 32.2. The van der Waals surface area contributed by atoms with Crippen molar-refractivity contribution < 1.29 is 13.2 Å². The van der Waals surface area contributed by atoms with Crippen LogP contribution in [-0.4, -0.2) is 87.2 Å². The summed E-state index contributed by atoms with van der Waals surface area (Å²) >= 11 is 1.38. The monoisotopic (exact) mass is 425 g/mol. The molecule has 1 unspecified atom stereocenters. The highest BCUT2D eigenvalue weighted by Gasteiger charge is 2.36. The van der Waals surface area contributed by atoms with Crippen LogP contribution >= 0.6 is 11.3 Å². The first-order valence-electron chi connectivity index (χ1n) is 9.19. The molecule has 1 N–H and O–H groups in total. The standard InChI is InChI=1S/C18H27N5O3S2/c1-21(2)11-9-19-17(24)16-15(14-6-5-8-20-18(14)27-16)13-7-10-23(12-13)28(25,26)22(3)4/h5-6,8,13H,7,9-12H2,1-4H3,(H,19,24). The van der Waals surface area contributed by atoms with Gasteiger partial charge in [-0.2, -0.15) is 17.0 Å². The van der Waals surface area contributed by atoms with E-state index in [0.29, 0.717) is 30.9 Å². The molecule has 28 heavy (non-hydrogen) atoms. The number of pyridine rings is 1. The lowest BCUT2D eigenvalue weighted by Gasteiger charge is -2.21. The number of fused-ring (bicyclic) bond motifs is 1. The summed E-state index contributed by atoms with van der Waals surface area (Å²) < 4.78 is 27.7. The molecule has 0 aromatic carbocycles. The first kappa shape index (κ1) is 21.1. The molecule has 2 aromatic heterocycles. The minimum Gasteiger partial charge on any atom is -0.350 e. The van der Waals surface area contributed by atoms with E-state index in [1.807, 2.05) is 31.1 Å². The molecule has 0 saturated carbocycles. The summed E-state index contributed by atoms with van der Waals surface area (Å²) in [6, 6.07) is 3.82. The molecule has 1 saturated heterocycles. The Bertz CT molecular complexity index is 955. The first-order chi connectivity index (χ1) is 13.2. The van der Waals surface area contributed by atoms with Gasteiger partial charge in [-0.1, -0.05) is 6.07 Å². The number of aromatic nitrogens is 1. The topological polar surface area (TPSA) is 85.9 Å². The first-order valence-corrected chi connectivity index (χ1v) is 11.4. The quantitative estimate of drug-likeness (QED) is 0.720. The van der Waals surface area contributed by atoms with Gasteiger partial charge >= 0.3 is 0 Å². The second kappa shape index (κ2) is 8.42. The summed E-state index contributed by atoms with van der Waals surface area (Å²) in [4.78, 5) is 20.7. The zero-order chi connectivity index (χ0) is 20.5. The molecule has 154 valence electrons. The van der Waals surface area contributed by atoms with Crippen molar-refractivity contribution in [1.29, 1.82) is 0 Å². The fraction of sp³-hybridized carbons (Fsp3) is 0.556. The third-order valence-corrected chi connectivity index (χ3v) is 7.94. The van der Waals surface area contributed by atoms with E-state index in [0.717, 1.165) is 22.3 Å². The number of carbonyl (C=O) groups is 1. The molecule has 10 heteroatoms. The SMILES string of the molecule is CN(C)CCNC(=O)c1sc2ncccc2c1C1CCN(S(=O)(=O)N(C)C)C1. The lowest BCUT2D eigenvalue weighted by atomic mass is 9.95. The Kier molecular flexibility index (Phi) is 6.35. The molecule has 1 amide bonds. The van der Waals surface area contributed by atoms with Crippen LogP contribution in [0.3, 0.4) is 0 Å². The van der Waals surface area contributed by atoms with E-state index >= 15 is 0 Å². The van der Waals surface area contributed by atoms with Crippen LogP contribution in [0.15, 0.2) is 18.3 Å². The maximum Gasteiger partial charge on any atom is 0.281 e. The predicted molar refractivity (Wildman–Crippen MR) is 112 cm³/mol. The van der Waals surface area contributed by atoms with Crippen LogP contribution in [0.2, 0.25) is 0 Å². The number of rotatable bonds is 7. The number of carbonyl (C=O) groups excluding carboxylic acids is 1. The molecule has 3 rings (SSSR count). The minimum atomic E-state index is -3.46. The van der Waals surface area contributed by atoms with Crippen molar-refractivity contribution in [3.8, 4) is 0 Å². The largest absolute Gasteiger partial charge is 0.350 e. The molecule has 3 heterocycles. The Morgan fingerprint density at radius 2 is 2.11 bits per heavy atom. The lowest BCUT2D eigenvalue weighted by molar-refractivity contribution is 0.0954. The van der Waals surface area contributed by atoms with E-state index in [-0.39, 0.29) is 11.8 Å².